The Hall–Kier alpha value is -2.09. The molecule has 6 nitrogen and oxygen atoms in total. The lowest BCUT2D eigenvalue weighted by molar-refractivity contribution is 0.155. The Labute approximate surface area is 113 Å². The van der Waals surface area contributed by atoms with E-state index in [1.807, 2.05) is 6.92 Å². The summed E-state index contributed by atoms with van der Waals surface area (Å²) in [7, 11) is 0. The average molecular weight is 281 g/mol. The van der Waals surface area contributed by atoms with E-state index in [2.05, 4.69) is 15.5 Å². The van der Waals surface area contributed by atoms with Crippen molar-refractivity contribution in [2.45, 2.75) is 18.9 Å². The molecule has 0 amide bonds. The molecule has 20 heavy (non-hydrogen) atoms. The fourth-order valence-electron chi connectivity index (χ4n) is 2.30. The van der Waals surface area contributed by atoms with E-state index in [-0.39, 0.29) is 11.3 Å². The SMILES string of the molecule is CC1(n2nnnc2-c2cc(F)c(F)cc2N)CCOC1. The van der Waals surface area contributed by atoms with Crippen LogP contribution in [0.15, 0.2) is 12.1 Å². The van der Waals surface area contributed by atoms with Crippen LogP contribution in [0.25, 0.3) is 11.4 Å². The van der Waals surface area contributed by atoms with Gasteiger partial charge in [-0.15, -0.1) is 5.10 Å². The van der Waals surface area contributed by atoms with Crippen molar-refractivity contribution in [3.63, 3.8) is 0 Å². The molecule has 0 bridgehead atoms. The number of benzene rings is 1. The van der Waals surface area contributed by atoms with Gasteiger partial charge in [-0.2, -0.15) is 0 Å². The largest absolute Gasteiger partial charge is 0.398 e. The van der Waals surface area contributed by atoms with E-state index in [9.17, 15) is 8.78 Å². The monoisotopic (exact) mass is 281 g/mol. The van der Waals surface area contributed by atoms with Crippen molar-refractivity contribution in [1.29, 1.82) is 0 Å². The molecular weight excluding hydrogens is 268 g/mol. The highest BCUT2D eigenvalue weighted by Gasteiger charge is 2.36. The lowest BCUT2D eigenvalue weighted by Gasteiger charge is -2.23. The molecule has 2 aromatic rings. The number of tetrazole rings is 1. The van der Waals surface area contributed by atoms with Crippen LogP contribution in [0.5, 0.6) is 0 Å². The summed E-state index contributed by atoms with van der Waals surface area (Å²) in [6.07, 6.45) is 0.731. The number of anilines is 1. The van der Waals surface area contributed by atoms with Crippen LogP contribution in [0.4, 0.5) is 14.5 Å². The second-order valence-corrected chi connectivity index (χ2v) is 5.07. The first-order chi connectivity index (χ1) is 9.51. The highest BCUT2D eigenvalue weighted by atomic mass is 19.2. The molecule has 1 aromatic carbocycles. The Morgan fingerprint density at radius 3 is 2.80 bits per heavy atom. The number of nitrogen functional groups attached to an aromatic ring is 1. The second kappa shape index (κ2) is 4.48. The first-order valence-corrected chi connectivity index (χ1v) is 6.13. The Balaban J connectivity index is 2.13. The van der Waals surface area contributed by atoms with E-state index < -0.39 is 17.2 Å². The Morgan fingerprint density at radius 2 is 2.10 bits per heavy atom. The van der Waals surface area contributed by atoms with Gasteiger partial charge in [0.2, 0.25) is 0 Å². The van der Waals surface area contributed by atoms with Crippen molar-refractivity contribution in [3.8, 4) is 11.4 Å². The Kier molecular flexibility index (Phi) is 2.89. The quantitative estimate of drug-likeness (QED) is 0.840. The fraction of sp³-hybridized carbons (Fsp3) is 0.417. The number of nitrogens with zero attached hydrogens (tertiary/aromatic N) is 4. The molecule has 1 fully saturated rings. The van der Waals surface area contributed by atoms with E-state index in [0.29, 0.717) is 19.0 Å². The molecule has 2 N–H and O–H groups in total. The molecular formula is C12H13F2N5O. The molecule has 8 heteroatoms. The lowest BCUT2D eigenvalue weighted by Crippen LogP contribution is -2.32. The van der Waals surface area contributed by atoms with E-state index in [0.717, 1.165) is 18.6 Å². The third kappa shape index (κ3) is 1.92. The molecule has 0 aliphatic carbocycles. The predicted octanol–water partition coefficient (Wildman–Crippen LogP) is 1.34. The fourth-order valence-corrected chi connectivity index (χ4v) is 2.30. The molecule has 1 aliphatic rings. The van der Waals surface area contributed by atoms with Crippen molar-refractivity contribution in [2.24, 2.45) is 0 Å². The molecule has 3 rings (SSSR count). The summed E-state index contributed by atoms with van der Waals surface area (Å²) < 4.78 is 33.5. The molecule has 1 unspecified atom stereocenters. The number of rotatable bonds is 2. The summed E-state index contributed by atoms with van der Waals surface area (Å²) in [6, 6.07) is 1.93. The smallest absolute Gasteiger partial charge is 0.184 e. The summed E-state index contributed by atoms with van der Waals surface area (Å²) in [5.41, 5.74) is 5.68. The normalized spacial score (nSPS) is 22.4. The molecule has 106 valence electrons. The zero-order valence-corrected chi connectivity index (χ0v) is 10.8. The topological polar surface area (TPSA) is 78.9 Å². The maximum Gasteiger partial charge on any atom is 0.184 e. The van der Waals surface area contributed by atoms with Crippen LogP contribution < -0.4 is 5.73 Å². The van der Waals surface area contributed by atoms with Crippen LogP contribution in [-0.2, 0) is 10.3 Å². The number of halogens is 2. The molecule has 1 atom stereocenters. The molecule has 0 saturated carbocycles. The molecule has 1 aromatic heterocycles. The van der Waals surface area contributed by atoms with Gasteiger partial charge in [-0.1, -0.05) is 0 Å². The molecule has 2 heterocycles. The molecule has 0 spiro atoms. The summed E-state index contributed by atoms with van der Waals surface area (Å²) in [5, 5.41) is 11.4. The second-order valence-electron chi connectivity index (χ2n) is 5.07. The number of hydrogen-bond acceptors (Lipinski definition) is 5. The van der Waals surface area contributed by atoms with Crippen molar-refractivity contribution in [2.75, 3.05) is 18.9 Å². The van der Waals surface area contributed by atoms with Gasteiger partial charge in [0.05, 0.1) is 12.1 Å². The summed E-state index contributed by atoms with van der Waals surface area (Å²) in [4.78, 5) is 0. The molecule has 1 saturated heterocycles. The summed E-state index contributed by atoms with van der Waals surface area (Å²) in [6.45, 7) is 2.99. The summed E-state index contributed by atoms with van der Waals surface area (Å²) in [5.74, 6) is -1.69. The van der Waals surface area contributed by atoms with Gasteiger partial charge in [-0.05, 0) is 29.8 Å². The van der Waals surface area contributed by atoms with Gasteiger partial charge < -0.3 is 10.5 Å². The van der Waals surface area contributed by atoms with Crippen molar-refractivity contribution < 1.29 is 13.5 Å². The zero-order chi connectivity index (χ0) is 14.3. The highest BCUT2D eigenvalue weighted by molar-refractivity contribution is 5.71. The maximum absolute atomic E-state index is 13.4. The standard InChI is InChI=1S/C12H13F2N5O/c1-12(2-3-20-6-12)19-11(16-17-18-19)7-4-8(13)9(14)5-10(7)15/h4-5H,2-3,6,15H2,1H3. The van der Waals surface area contributed by atoms with E-state index >= 15 is 0 Å². The molecule has 1 aliphatic heterocycles. The third-order valence-electron chi connectivity index (χ3n) is 3.51. The van der Waals surface area contributed by atoms with Crippen LogP contribution >= 0.6 is 0 Å². The van der Waals surface area contributed by atoms with Crippen LogP contribution in [0.2, 0.25) is 0 Å². The van der Waals surface area contributed by atoms with E-state index in [4.69, 9.17) is 10.5 Å². The zero-order valence-electron chi connectivity index (χ0n) is 10.8. The molecule has 0 radical (unpaired) electrons. The van der Waals surface area contributed by atoms with Gasteiger partial charge in [0.1, 0.15) is 0 Å². The van der Waals surface area contributed by atoms with Crippen LogP contribution in [0.3, 0.4) is 0 Å². The number of hydrogen-bond donors (Lipinski definition) is 1. The van der Waals surface area contributed by atoms with Crippen LogP contribution in [-0.4, -0.2) is 33.4 Å². The average Bonchev–Trinajstić information content (AvgIpc) is 3.03. The van der Waals surface area contributed by atoms with Gasteiger partial charge in [0.15, 0.2) is 17.5 Å². The van der Waals surface area contributed by atoms with Gasteiger partial charge in [-0.25, -0.2) is 13.5 Å². The van der Waals surface area contributed by atoms with Gasteiger partial charge in [0, 0.05) is 23.9 Å². The van der Waals surface area contributed by atoms with Crippen LogP contribution in [0.1, 0.15) is 13.3 Å². The summed E-state index contributed by atoms with van der Waals surface area (Å²) >= 11 is 0. The Morgan fingerprint density at radius 1 is 1.35 bits per heavy atom. The maximum atomic E-state index is 13.4. The van der Waals surface area contributed by atoms with Crippen LogP contribution in [0, 0.1) is 11.6 Å². The highest BCUT2D eigenvalue weighted by Crippen LogP contribution is 2.32. The third-order valence-corrected chi connectivity index (χ3v) is 3.51. The van der Waals surface area contributed by atoms with Gasteiger partial charge >= 0.3 is 0 Å². The van der Waals surface area contributed by atoms with Crippen molar-refractivity contribution in [3.05, 3.63) is 23.8 Å². The van der Waals surface area contributed by atoms with Crippen molar-refractivity contribution >= 4 is 5.69 Å². The first kappa shape index (κ1) is 12.9. The number of ether oxygens (including phenoxy) is 1. The first-order valence-electron chi connectivity index (χ1n) is 6.13. The predicted molar refractivity (Wildman–Crippen MR) is 66.7 cm³/mol. The van der Waals surface area contributed by atoms with Gasteiger partial charge in [0.25, 0.3) is 0 Å². The van der Waals surface area contributed by atoms with Gasteiger partial charge in [-0.3, -0.25) is 0 Å². The van der Waals surface area contributed by atoms with Crippen molar-refractivity contribution in [1.82, 2.24) is 20.2 Å². The Bertz CT molecular complexity index is 651. The lowest BCUT2D eigenvalue weighted by atomic mass is 10.0. The van der Waals surface area contributed by atoms with E-state index in [1.54, 1.807) is 4.68 Å². The number of aromatic nitrogens is 4. The minimum absolute atomic E-state index is 0.0856. The minimum atomic E-state index is -0.999. The number of nitrogens with two attached hydrogens (primary N) is 1. The van der Waals surface area contributed by atoms with E-state index in [1.165, 1.54) is 0 Å². The minimum Gasteiger partial charge on any atom is -0.398 e.